The summed E-state index contributed by atoms with van der Waals surface area (Å²) in [5.41, 5.74) is 0.871. The molecule has 0 spiro atoms. The molecule has 1 N–H and O–H groups in total. The minimum Gasteiger partial charge on any atom is -0.490 e. The molecule has 0 bridgehead atoms. The van der Waals surface area contributed by atoms with E-state index in [0.717, 1.165) is 0 Å². The van der Waals surface area contributed by atoms with E-state index in [-0.39, 0.29) is 23.0 Å². The predicted molar refractivity (Wildman–Crippen MR) is 102 cm³/mol. The van der Waals surface area contributed by atoms with E-state index in [1.807, 2.05) is 0 Å². The van der Waals surface area contributed by atoms with Crippen molar-refractivity contribution in [3.8, 4) is 5.75 Å². The smallest absolute Gasteiger partial charge is 0.353 e. The number of nitro groups is 1. The third kappa shape index (κ3) is 3.88. The topological polar surface area (TPSA) is 94.4 Å². The van der Waals surface area contributed by atoms with Crippen molar-refractivity contribution in [3.05, 3.63) is 87.1 Å². The summed E-state index contributed by atoms with van der Waals surface area (Å²) in [6, 6.07) is 14.6. The first-order valence-electron chi connectivity index (χ1n) is 7.85. The molecule has 0 fully saturated rings. The Kier molecular flexibility index (Phi) is 5.33. The van der Waals surface area contributed by atoms with E-state index in [1.54, 1.807) is 48.5 Å². The standard InChI is InChI=1S/C19H14ClN3O4/c1-27-16-10-11-21-19(17(16)23(25)26)22-15-5-3-2-4-14(15)18(24)12-6-8-13(20)9-7-12/h2-11H,1H3,(H,21,22). The van der Waals surface area contributed by atoms with E-state index in [4.69, 9.17) is 16.3 Å². The van der Waals surface area contributed by atoms with Gasteiger partial charge in [0.1, 0.15) is 0 Å². The van der Waals surface area contributed by atoms with Crippen LogP contribution in [-0.2, 0) is 0 Å². The van der Waals surface area contributed by atoms with Crippen molar-refractivity contribution in [2.45, 2.75) is 0 Å². The van der Waals surface area contributed by atoms with Crippen LogP contribution in [0.25, 0.3) is 0 Å². The summed E-state index contributed by atoms with van der Waals surface area (Å²) < 4.78 is 5.04. The van der Waals surface area contributed by atoms with Gasteiger partial charge in [-0.2, -0.15) is 0 Å². The molecule has 8 heteroatoms. The Balaban J connectivity index is 2.02. The average Bonchev–Trinajstić information content (AvgIpc) is 2.68. The normalized spacial score (nSPS) is 10.3. The van der Waals surface area contributed by atoms with Gasteiger partial charge >= 0.3 is 5.69 Å². The molecule has 0 aliphatic rings. The first-order chi connectivity index (χ1) is 13.0. The zero-order valence-electron chi connectivity index (χ0n) is 14.2. The lowest BCUT2D eigenvalue weighted by Gasteiger charge is -2.12. The summed E-state index contributed by atoms with van der Waals surface area (Å²) in [7, 11) is 1.34. The first kappa shape index (κ1) is 18.3. The molecule has 3 rings (SSSR count). The van der Waals surface area contributed by atoms with Crippen molar-refractivity contribution in [2.24, 2.45) is 0 Å². The number of pyridine rings is 1. The molecule has 0 saturated carbocycles. The molecule has 2 aromatic carbocycles. The van der Waals surface area contributed by atoms with Gasteiger partial charge in [-0.05, 0) is 36.4 Å². The lowest BCUT2D eigenvalue weighted by atomic mass is 10.0. The molecular formula is C19H14ClN3O4. The Morgan fingerprint density at radius 3 is 2.52 bits per heavy atom. The lowest BCUT2D eigenvalue weighted by molar-refractivity contribution is -0.385. The number of methoxy groups -OCH3 is 1. The van der Waals surface area contributed by atoms with Crippen LogP contribution in [-0.4, -0.2) is 22.8 Å². The number of hydrogen-bond donors (Lipinski definition) is 1. The number of nitrogens with zero attached hydrogens (tertiary/aromatic N) is 2. The van der Waals surface area contributed by atoms with Crippen molar-refractivity contribution in [1.29, 1.82) is 0 Å². The SMILES string of the molecule is COc1ccnc(Nc2ccccc2C(=O)c2ccc(Cl)cc2)c1[N+](=O)[O-]. The Morgan fingerprint density at radius 1 is 1.15 bits per heavy atom. The molecule has 3 aromatic rings. The van der Waals surface area contributed by atoms with E-state index in [1.165, 1.54) is 19.4 Å². The molecule has 1 aromatic heterocycles. The maximum absolute atomic E-state index is 12.8. The summed E-state index contributed by atoms with van der Waals surface area (Å²) in [6.45, 7) is 0. The largest absolute Gasteiger partial charge is 0.490 e. The van der Waals surface area contributed by atoms with Gasteiger partial charge in [-0.3, -0.25) is 14.9 Å². The monoisotopic (exact) mass is 383 g/mol. The van der Waals surface area contributed by atoms with Gasteiger partial charge in [-0.1, -0.05) is 23.7 Å². The van der Waals surface area contributed by atoms with Crippen molar-refractivity contribution in [3.63, 3.8) is 0 Å². The number of ketones is 1. The third-order valence-corrected chi connectivity index (χ3v) is 4.07. The fraction of sp³-hybridized carbons (Fsp3) is 0.0526. The zero-order valence-corrected chi connectivity index (χ0v) is 14.9. The number of rotatable bonds is 6. The Hall–Kier alpha value is -3.45. The lowest BCUT2D eigenvalue weighted by Crippen LogP contribution is -2.07. The van der Waals surface area contributed by atoms with Crippen LogP contribution in [0.2, 0.25) is 5.02 Å². The maximum Gasteiger partial charge on any atom is 0.353 e. The third-order valence-electron chi connectivity index (χ3n) is 3.82. The molecule has 27 heavy (non-hydrogen) atoms. The van der Waals surface area contributed by atoms with Gasteiger partial charge in [0.25, 0.3) is 0 Å². The van der Waals surface area contributed by atoms with Gasteiger partial charge in [-0.15, -0.1) is 0 Å². The van der Waals surface area contributed by atoms with Crippen LogP contribution in [0.15, 0.2) is 60.8 Å². The highest BCUT2D eigenvalue weighted by molar-refractivity contribution is 6.30. The molecular weight excluding hydrogens is 370 g/mol. The minimum atomic E-state index is -0.586. The van der Waals surface area contributed by atoms with E-state index < -0.39 is 4.92 Å². The summed E-state index contributed by atoms with van der Waals surface area (Å²) >= 11 is 5.87. The number of carbonyl (C=O) groups excluding carboxylic acids is 1. The number of anilines is 2. The number of ether oxygens (including phenoxy) is 1. The summed E-state index contributed by atoms with van der Waals surface area (Å²) in [5.74, 6) is -0.199. The molecule has 136 valence electrons. The van der Waals surface area contributed by atoms with Crippen LogP contribution in [0.3, 0.4) is 0 Å². The van der Waals surface area contributed by atoms with Crippen molar-refractivity contribution < 1.29 is 14.5 Å². The number of carbonyl (C=O) groups is 1. The van der Waals surface area contributed by atoms with E-state index in [9.17, 15) is 14.9 Å². The number of benzene rings is 2. The number of hydrogen-bond acceptors (Lipinski definition) is 6. The number of aromatic nitrogens is 1. The number of para-hydroxylation sites is 1. The molecule has 0 saturated heterocycles. The van der Waals surface area contributed by atoms with Gasteiger partial charge in [0.05, 0.1) is 17.7 Å². The Morgan fingerprint density at radius 2 is 1.85 bits per heavy atom. The number of halogens is 1. The van der Waals surface area contributed by atoms with Crippen molar-refractivity contribution in [2.75, 3.05) is 12.4 Å². The Labute approximate surface area is 159 Å². The van der Waals surface area contributed by atoms with Crippen LogP contribution >= 0.6 is 11.6 Å². The molecule has 7 nitrogen and oxygen atoms in total. The fourth-order valence-corrected chi connectivity index (χ4v) is 2.67. The molecule has 0 aliphatic heterocycles. The quantitative estimate of drug-likeness (QED) is 0.379. The van der Waals surface area contributed by atoms with E-state index in [0.29, 0.717) is 21.8 Å². The highest BCUT2D eigenvalue weighted by Crippen LogP contribution is 2.35. The van der Waals surface area contributed by atoms with Gasteiger partial charge < -0.3 is 10.1 Å². The van der Waals surface area contributed by atoms with Crippen LogP contribution in [0.4, 0.5) is 17.2 Å². The van der Waals surface area contributed by atoms with Crippen LogP contribution in [0, 0.1) is 10.1 Å². The second-order valence-corrected chi connectivity index (χ2v) is 5.91. The average molecular weight is 384 g/mol. The van der Waals surface area contributed by atoms with Crippen molar-refractivity contribution in [1.82, 2.24) is 4.98 Å². The summed E-state index contributed by atoms with van der Waals surface area (Å²) in [5, 5.41) is 14.8. The molecule has 0 radical (unpaired) electrons. The maximum atomic E-state index is 12.8. The second kappa shape index (κ2) is 7.84. The van der Waals surface area contributed by atoms with Crippen LogP contribution < -0.4 is 10.1 Å². The molecule has 0 unspecified atom stereocenters. The highest BCUT2D eigenvalue weighted by atomic mass is 35.5. The van der Waals surface area contributed by atoms with Gasteiger partial charge in [-0.25, -0.2) is 4.98 Å². The second-order valence-electron chi connectivity index (χ2n) is 5.47. The molecule has 0 atom stereocenters. The van der Waals surface area contributed by atoms with Gasteiger partial charge in [0, 0.05) is 28.4 Å². The predicted octanol–water partition coefficient (Wildman–Crippen LogP) is 4.63. The number of nitrogens with one attached hydrogen (secondary N) is 1. The fourth-order valence-electron chi connectivity index (χ4n) is 2.54. The summed E-state index contributed by atoms with van der Waals surface area (Å²) in [4.78, 5) is 27.7. The Bertz CT molecular complexity index is 1010. The van der Waals surface area contributed by atoms with Crippen molar-refractivity contribution >= 4 is 34.6 Å². The molecule has 0 amide bonds. The van der Waals surface area contributed by atoms with Crippen LogP contribution in [0.1, 0.15) is 15.9 Å². The minimum absolute atomic E-state index is 0.0179. The van der Waals surface area contributed by atoms with E-state index >= 15 is 0 Å². The van der Waals surface area contributed by atoms with Crippen LogP contribution in [0.5, 0.6) is 5.75 Å². The van der Waals surface area contributed by atoms with E-state index in [2.05, 4.69) is 10.3 Å². The first-order valence-corrected chi connectivity index (χ1v) is 8.22. The highest BCUT2D eigenvalue weighted by Gasteiger charge is 2.23. The zero-order chi connectivity index (χ0) is 19.4. The summed E-state index contributed by atoms with van der Waals surface area (Å²) in [6.07, 6.45) is 1.39. The van der Waals surface area contributed by atoms with Gasteiger partial charge in [0.2, 0.25) is 11.6 Å². The molecule has 1 heterocycles. The molecule has 0 aliphatic carbocycles. The van der Waals surface area contributed by atoms with Gasteiger partial charge in [0.15, 0.2) is 5.78 Å².